The first-order valence-corrected chi connectivity index (χ1v) is 6.43. The molecule has 0 radical (unpaired) electrons. The molecule has 0 aliphatic heterocycles. The van der Waals surface area contributed by atoms with Crippen LogP contribution in [0.3, 0.4) is 0 Å². The van der Waals surface area contributed by atoms with Gasteiger partial charge in [0.05, 0.1) is 12.9 Å². The van der Waals surface area contributed by atoms with E-state index in [4.69, 9.17) is 16.7 Å². The van der Waals surface area contributed by atoms with Crippen LogP contribution in [0.2, 0.25) is 5.28 Å². The average molecular weight is 290 g/mol. The van der Waals surface area contributed by atoms with Gasteiger partial charge in [-0.05, 0) is 22.7 Å². The Hall–Kier alpha value is -2.18. The molecule has 0 amide bonds. The van der Waals surface area contributed by atoms with Crippen molar-refractivity contribution in [3.8, 4) is 0 Å². The third kappa shape index (κ3) is 2.56. The van der Waals surface area contributed by atoms with Crippen molar-refractivity contribution in [2.75, 3.05) is 5.32 Å². The SMILES string of the molecule is OCc1ccc(CNc2nc(Cl)nc3nc[nH]c23)cc1. The summed E-state index contributed by atoms with van der Waals surface area (Å²) >= 11 is 5.86. The van der Waals surface area contributed by atoms with Gasteiger partial charge in [0.25, 0.3) is 0 Å². The Bertz CT molecular complexity index is 725. The first-order valence-electron chi connectivity index (χ1n) is 6.05. The Balaban J connectivity index is 1.80. The number of imidazole rings is 1. The Morgan fingerprint density at radius 1 is 1.15 bits per heavy atom. The van der Waals surface area contributed by atoms with Gasteiger partial charge >= 0.3 is 0 Å². The molecule has 3 N–H and O–H groups in total. The highest BCUT2D eigenvalue weighted by Gasteiger charge is 2.08. The second-order valence-electron chi connectivity index (χ2n) is 4.27. The summed E-state index contributed by atoms with van der Waals surface area (Å²) in [6, 6.07) is 7.67. The third-order valence-electron chi connectivity index (χ3n) is 2.92. The molecular weight excluding hydrogens is 278 g/mol. The lowest BCUT2D eigenvalue weighted by atomic mass is 10.1. The van der Waals surface area contributed by atoms with Crippen LogP contribution in [0.5, 0.6) is 0 Å². The first kappa shape index (κ1) is 12.8. The molecule has 0 bridgehead atoms. The smallest absolute Gasteiger partial charge is 0.226 e. The molecule has 1 aromatic carbocycles. The predicted octanol–water partition coefficient (Wildman–Crippen LogP) is 2.11. The largest absolute Gasteiger partial charge is 0.392 e. The Kier molecular flexibility index (Phi) is 3.49. The van der Waals surface area contributed by atoms with Gasteiger partial charge in [0.15, 0.2) is 11.5 Å². The Morgan fingerprint density at radius 3 is 2.65 bits per heavy atom. The summed E-state index contributed by atoms with van der Waals surface area (Å²) in [5.74, 6) is 0.615. The highest BCUT2D eigenvalue weighted by atomic mass is 35.5. The molecule has 0 aliphatic carbocycles. The number of halogens is 1. The molecule has 102 valence electrons. The zero-order valence-electron chi connectivity index (χ0n) is 10.5. The number of rotatable bonds is 4. The van der Waals surface area contributed by atoms with Gasteiger partial charge in [0.1, 0.15) is 5.52 Å². The normalized spacial score (nSPS) is 10.9. The van der Waals surface area contributed by atoms with E-state index in [0.717, 1.165) is 16.6 Å². The van der Waals surface area contributed by atoms with Crippen LogP contribution in [0.1, 0.15) is 11.1 Å². The number of aliphatic hydroxyl groups is 1. The molecule has 0 spiro atoms. The second-order valence-corrected chi connectivity index (χ2v) is 4.61. The minimum atomic E-state index is 0.0456. The summed E-state index contributed by atoms with van der Waals surface area (Å²) < 4.78 is 0. The van der Waals surface area contributed by atoms with Gasteiger partial charge in [0.2, 0.25) is 5.28 Å². The number of H-pyrrole nitrogens is 1. The number of hydrogen-bond acceptors (Lipinski definition) is 5. The molecule has 2 aromatic heterocycles. The Morgan fingerprint density at radius 2 is 1.90 bits per heavy atom. The molecule has 6 nitrogen and oxygen atoms in total. The van der Waals surface area contributed by atoms with Gasteiger partial charge in [-0.15, -0.1) is 0 Å². The fourth-order valence-corrected chi connectivity index (χ4v) is 2.05. The minimum Gasteiger partial charge on any atom is -0.392 e. The quantitative estimate of drug-likeness (QED) is 0.640. The maximum Gasteiger partial charge on any atom is 0.226 e. The number of anilines is 1. The van der Waals surface area contributed by atoms with E-state index in [1.165, 1.54) is 0 Å². The van der Waals surface area contributed by atoms with Crippen molar-refractivity contribution < 1.29 is 5.11 Å². The van der Waals surface area contributed by atoms with Crippen molar-refractivity contribution in [1.29, 1.82) is 0 Å². The zero-order valence-corrected chi connectivity index (χ0v) is 11.2. The van der Waals surface area contributed by atoms with E-state index >= 15 is 0 Å². The van der Waals surface area contributed by atoms with Gasteiger partial charge in [0, 0.05) is 6.54 Å². The lowest BCUT2D eigenvalue weighted by molar-refractivity contribution is 0.282. The molecule has 0 saturated carbocycles. The van der Waals surface area contributed by atoms with Gasteiger partial charge in [-0.1, -0.05) is 24.3 Å². The van der Waals surface area contributed by atoms with Crippen molar-refractivity contribution in [3.05, 3.63) is 47.0 Å². The number of hydrogen-bond donors (Lipinski definition) is 3. The maximum absolute atomic E-state index is 9.00. The summed E-state index contributed by atoms with van der Waals surface area (Å²) in [4.78, 5) is 15.2. The van der Waals surface area contributed by atoms with Crippen molar-refractivity contribution in [2.24, 2.45) is 0 Å². The third-order valence-corrected chi connectivity index (χ3v) is 3.09. The number of aromatic nitrogens is 4. The average Bonchev–Trinajstić information content (AvgIpc) is 2.93. The summed E-state index contributed by atoms with van der Waals surface area (Å²) in [5, 5.41) is 12.4. The van der Waals surface area contributed by atoms with Crippen molar-refractivity contribution in [1.82, 2.24) is 19.9 Å². The second kappa shape index (κ2) is 5.44. The molecule has 0 unspecified atom stereocenters. The van der Waals surface area contributed by atoms with Crippen LogP contribution in [0, 0.1) is 0 Å². The van der Waals surface area contributed by atoms with E-state index in [1.807, 2.05) is 24.3 Å². The van der Waals surface area contributed by atoms with E-state index in [1.54, 1.807) is 6.33 Å². The zero-order chi connectivity index (χ0) is 13.9. The summed E-state index contributed by atoms with van der Waals surface area (Å²) in [6.45, 7) is 0.636. The standard InChI is InChI=1S/C13H12ClN5O/c14-13-18-11(10-12(19-13)17-7-16-10)15-5-8-1-3-9(6-20)4-2-8/h1-4,7,20H,5-6H2,(H2,15,16,17,18,19). The van der Waals surface area contributed by atoms with Gasteiger partial charge in [-0.25, -0.2) is 4.98 Å². The van der Waals surface area contributed by atoms with Crippen LogP contribution in [0.4, 0.5) is 5.82 Å². The topological polar surface area (TPSA) is 86.7 Å². The maximum atomic E-state index is 9.00. The van der Waals surface area contributed by atoms with Crippen LogP contribution in [0.15, 0.2) is 30.6 Å². The lowest BCUT2D eigenvalue weighted by Crippen LogP contribution is -2.03. The number of fused-ring (bicyclic) bond motifs is 1. The van der Waals surface area contributed by atoms with Crippen molar-refractivity contribution in [2.45, 2.75) is 13.2 Å². The number of aromatic amines is 1. The van der Waals surface area contributed by atoms with Gasteiger partial charge in [-0.2, -0.15) is 9.97 Å². The summed E-state index contributed by atoms with van der Waals surface area (Å²) in [6.07, 6.45) is 1.55. The number of aliphatic hydroxyl groups excluding tert-OH is 1. The van der Waals surface area contributed by atoms with Crippen LogP contribution in [-0.4, -0.2) is 25.0 Å². The molecule has 20 heavy (non-hydrogen) atoms. The molecule has 3 aromatic rings. The number of nitrogens with one attached hydrogen (secondary N) is 2. The monoisotopic (exact) mass is 289 g/mol. The molecule has 3 rings (SSSR count). The molecule has 2 heterocycles. The lowest BCUT2D eigenvalue weighted by Gasteiger charge is -2.07. The van der Waals surface area contributed by atoms with E-state index in [0.29, 0.717) is 18.0 Å². The van der Waals surface area contributed by atoms with Gasteiger partial charge in [-0.3, -0.25) is 0 Å². The molecule has 0 atom stereocenters. The van der Waals surface area contributed by atoms with Crippen LogP contribution >= 0.6 is 11.6 Å². The molecule has 0 saturated heterocycles. The molecule has 0 aliphatic rings. The van der Waals surface area contributed by atoms with E-state index < -0.39 is 0 Å². The predicted molar refractivity (Wildman–Crippen MR) is 76.4 cm³/mol. The molecule has 7 heteroatoms. The fourth-order valence-electron chi connectivity index (χ4n) is 1.88. The Labute approximate surface area is 119 Å². The highest BCUT2D eigenvalue weighted by molar-refractivity contribution is 6.28. The highest BCUT2D eigenvalue weighted by Crippen LogP contribution is 2.19. The van der Waals surface area contributed by atoms with E-state index in [9.17, 15) is 0 Å². The van der Waals surface area contributed by atoms with E-state index in [-0.39, 0.29) is 11.9 Å². The van der Waals surface area contributed by atoms with Gasteiger partial charge < -0.3 is 15.4 Å². The van der Waals surface area contributed by atoms with Crippen LogP contribution < -0.4 is 5.32 Å². The molecule has 0 fully saturated rings. The first-order chi connectivity index (χ1) is 9.76. The van der Waals surface area contributed by atoms with Crippen LogP contribution in [0.25, 0.3) is 11.2 Å². The van der Waals surface area contributed by atoms with Crippen molar-refractivity contribution >= 4 is 28.6 Å². The number of nitrogens with zero attached hydrogens (tertiary/aromatic N) is 3. The fraction of sp³-hybridized carbons (Fsp3) is 0.154. The van der Waals surface area contributed by atoms with E-state index in [2.05, 4.69) is 25.3 Å². The van der Waals surface area contributed by atoms with Crippen LogP contribution in [-0.2, 0) is 13.2 Å². The summed E-state index contributed by atoms with van der Waals surface area (Å²) in [7, 11) is 0. The van der Waals surface area contributed by atoms with Crippen molar-refractivity contribution in [3.63, 3.8) is 0 Å². The molecular formula is C13H12ClN5O. The summed E-state index contributed by atoms with van der Waals surface area (Å²) in [5.41, 5.74) is 3.21. The minimum absolute atomic E-state index is 0.0456. The number of benzene rings is 1.